The molecule has 0 fully saturated rings. The number of nitrogens with zero attached hydrogens (tertiary/aromatic N) is 2. The van der Waals surface area contributed by atoms with E-state index in [2.05, 4.69) is 141 Å². The fourth-order valence-corrected chi connectivity index (χ4v) is 7.64. The maximum absolute atomic E-state index is 2.56. The van der Waals surface area contributed by atoms with Gasteiger partial charge in [0.15, 0.2) is 0 Å². The highest BCUT2D eigenvalue weighted by atomic mass is 15.2. The van der Waals surface area contributed by atoms with Gasteiger partial charge in [0.05, 0.1) is 0 Å². The van der Waals surface area contributed by atoms with Crippen molar-refractivity contribution in [2.45, 2.75) is 85.5 Å². The van der Waals surface area contributed by atoms with Gasteiger partial charge in [0.2, 0.25) is 0 Å². The fourth-order valence-electron chi connectivity index (χ4n) is 7.64. The van der Waals surface area contributed by atoms with Crippen LogP contribution in [0.3, 0.4) is 0 Å². The molecule has 0 radical (unpaired) electrons. The van der Waals surface area contributed by atoms with Crippen LogP contribution in [0.15, 0.2) is 103 Å². The SMILES string of the molecule is CCCCc1ccc(N2c3ccc(CCCC)cc3B3c4cc(CCCC)ccc4N(c4ccccc4)c4cc(C)cc2c43)cc1. The van der Waals surface area contributed by atoms with E-state index in [0.717, 1.165) is 19.3 Å². The molecule has 0 N–H and O–H groups in total. The topological polar surface area (TPSA) is 6.48 Å². The molecule has 2 nitrogen and oxygen atoms in total. The molecule has 2 heterocycles. The highest BCUT2D eigenvalue weighted by molar-refractivity contribution is 7.00. The summed E-state index contributed by atoms with van der Waals surface area (Å²) in [5, 5.41) is 0. The smallest absolute Gasteiger partial charge is 0.252 e. The van der Waals surface area contributed by atoms with Crippen molar-refractivity contribution in [3.8, 4) is 0 Å². The molecule has 232 valence electrons. The van der Waals surface area contributed by atoms with E-state index in [-0.39, 0.29) is 6.71 Å². The summed E-state index contributed by atoms with van der Waals surface area (Å²) in [6.07, 6.45) is 10.7. The molecule has 0 saturated carbocycles. The van der Waals surface area contributed by atoms with E-state index >= 15 is 0 Å². The van der Waals surface area contributed by atoms with Crippen LogP contribution in [-0.4, -0.2) is 6.71 Å². The molecule has 5 aromatic carbocycles. The molecular weight excluding hydrogens is 555 g/mol. The summed E-state index contributed by atoms with van der Waals surface area (Å²) < 4.78 is 0. The quantitative estimate of drug-likeness (QED) is 0.136. The summed E-state index contributed by atoms with van der Waals surface area (Å²) in [6, 6.07) is 39.9. The molecule has 2 aliphatic heterocycles. The minimum Gasteiger partial charge on any atom is -0.311 e. The molecule has 0 aliphatic carbocycles. The first-order valence-electron chi connectivity index (χ1n) is 17.8. The van der Waals surface area contributed by atoms with Gasteiger partial charge in [-0.15, -0.1) is 0 Å². The van der Waals surface area contributed by atoms with Crippen LogP contribution in [0.5, 0.6) is 0 Å². The van der Waals surface area contributed by atoms with E-state index in [1.54, 1.807) is 0 Å². The van der Waals surface area contributed by atoms with Crippen LogP contribution in [0.4, 0.5) is 34.1 Å². The molecule has 0 spiro atoms. The molecule has 0 amide bonds. The Balaban J connectivity index is 1.50. The predicted octanol–water partition coefficient (Wildman–Crippen LogP) is 10.1. The summed E-state index contributed by atoms with van der Waals surface area (Å²) in [7, 11) is 0. The van der Waals surface area contributed by atoms with E-state index < -0.39 is 0 Å². The van der Waals surface area contributed by atoms with Gasteiger partial charge in [0.25, 0.3) is 6.71 Å². The van der Waals surface area contributed by atoms with E-state index in [0.29, 0.717) is 0 Å². The monoisotopic (exact) mass is 602 g/mol. The number of anilines is 6. The van der Waals surface area contributed by atoms with Gasteiger partial charge < -0.3 is 9.80 Å². The van der Waals surface area contributed by atoms with Crippen molar-refractivity contribution >= 4 is 57.2 Å². The van der Waals surface area contributed by atoms with Gasteiger partial charge in [-0.3, -0.25) is 0 Å². The Bertz CT molecular complexity index is 1820. The predicted molar refractivity (Wildman–Crippen MR) is 201 cm³/mol. The minimum absolute atomic E-state index is 0.179. The van der Waals surface area contributed by atoms with Crippen molar-refractivity contribution in [3.05, 3.63) is 125 Å². The molecule has 0 atom stereocenters. The van der Waals surface area contributed by atoms with Crippen molar-refractivity contribution in [1.29, 1.82) is 0 Å². The van der Waals surface area contributed by atoms with Crippen LogP contribution >= 0.6 is 0 Å². The van der Waals surface area contributed by atoms with Crippen molar-refractivity contribution in [3.63, 3.8) is 0 Å². The third-order valence-electron chi connectivity index (χ3n) is 10.0. The summed E-state index contributed by atoms with van der Waals surface area (Å²) >= 11 is 0. The van der Waals surface area contributed by atoms with E-state index in [4.69, 9.17) is 0 Å². The Hall–Kier alpha value is -4.24. The van der Waals surface area contributed by atoms with Gasteiger partial charge in [0.1, 0.15) is 0 Å². The zero-order valence-electron chi connectivity index (χ0n) is 28.2. The molecule has 0 saturated heterocycles. The average Bonchev–Trinajstić information content (AvgIpc) is 3.09. The van der Waals surface area contributed by atoms with Gasteiger partial charge in [-0.1, -0.05) is 94.6 Å². The number of fused-ring (bicyclic) bond motifs is 4. The first-order chi connectivity index (χ1) is 22.6. The average molecular weight is 603 g/mol. The van der Waals surface area contributed by atoms with Gasteiger partial charge in [0, 0.05) is 34.1 Å². The number of benzene rings is 5. The van der Waals surface area contributed by atoms with Crippen molar-refractivity contribution < 1.29 is 0 Å². The summed E-state index contributed by atoms with van der Waals surface area (Å²) in [5.41, 5.74) is 17.6. The van der Waals surface area contributed by atoms with Gasteiger partial charge in [-0.05, 0) is 133 Å². The highest BCUT2D eigenvalue weighted by Crippen LogP contribution is 2.44. The lowest BCUT2D eigenvalue weighted by atomic mass is 9.33. The summed E-state index contributed by atoms with van der Waals surface area (Å²) in [5.74, 6) is 0. The van der Waals surface area contributed by atoms with Crippen LogP contribution in [-0.2, 0) is 19.3 Å². The molecule has 0 aromatic heterocycles. The number of hydrogen-bond donors (Lipinski definition) is 0. The summed E-state index contributed by atoms with van der Waals surface area (Å²) in [4.78, 5) is 5.08. The van der Waals surface area contributed by atoms with E-state index in [1.165, 1.54) is 111 Å². The minimum atomic E-state index is 0.179. The second-order valence-corrected chi connectivity index (χ2v) is 13.4. The molecule has 7 rings (SSSR count). The van der Waals surface area contributed by atoms with Crippen LogP contribution in [0.25, 0.3) is 0 Å². The lowest BCUT2D eigenvalue weighted by molar-refractivity contribution is 0.795. The molecule has 2 aliphatic rings. The Morgan fingerprint density at radius 3 is 1.43 bits per heavy atom. The van der Waals surface area contributed by atoms with Crippen LogP contribution in [0, 0.1) is 6.92 Å². The Morgan fingerprint density at radius 1 is 0.478 bits per heavy atom. The maximum atomic E-state index is 2.56. The largest absolute Gasteiger partial charge is 0.311 e. The molecule has 46 heavy (non-hydrogen) atoms. The zero-order chi connectivity index (χ0) is 31.6. The lowest BCUT2D eigenvalue weighted by Gasteiger charge is -2.44. The van der Waals surface area contributed by atoms with E-state index in [9.17, 15) is 0 Å². The highest BCUT2D eigenvalue weighted by Gasteiger charge is 2.43. The lowest BCUT2D eigenvalue weighted by Crippen LogP contribution is -2.61. The first-order valence-corrected chi connectivity index (χ1v) is 17.8. The zero-order valence-corrected chi connectivity index (χ0v) is 28.2. The number of aryl methyl sites for hydroxylation is 4. The molecule has 3 heteroatoms. The standard InChI is InChI=1S/C43H47BN2/c1-5-8-14-32-19-23-36(24-20-32)46-40-26-22-34(16-10-7-3)30-38(40)44-37-29-33(15-9-6-2)21-25-39(37)45(35-17-12-11-13-18-35)41-27-31(4)28-42(46)43(41)44/h11-13,17-30H,5-10,14-16H2,1-4H3. The molecular formula is C43H47BN2. The van der Waals surface area contributed by atoms with Gasteiger partial charge in [-0.2, -0.15) is 0 Å². The van der Waals surface area contributed by atoms with Crippen molar-refractivity contribution in [2.75, 3.05) is 9.80 Å². The second-order valence-electron chi connectivity index (χ2n) is 13.4. The van der Waals surface area contributed by atoms with Crippen LogP contribution in [0.1, 0.15) is 81.5 Å². The van der Waals surface area contributed by atoms with Crippen LogP contribution in [0.2, 0.25) is 0 Å². The number of hydrogen-bond acceptors (Lipinski definition) is 2. The number of para-hydroxylation sites is 1. The molecule has 0 bridgehead atoms. The fraction of sp³-hybridized carbons (Fsp3) is 0.302. The van der Waals surface area contributed by atoms with Crippen molar-refractivity contribution in [1.82, 2.24) is 0 Å². The normalized spacial score (nSPS) is 13.0. The number of rotatable bonds is 11. The third-order valence-corrected chi connectivity index (χ3v) is 10.0. The second kappa shape index (κ2) is 13.2. The Labute approximate surface area is 277 Å². The molecule has 0 unspecified atom stereocenters. The van der Waals surface area contributed by atoms with Gasteiger partial charge >= 0.3 is 0 Å². The Kier molecular flexibility index (Phi) is 8.76. The molecule has 5 aromatic rings. The third kappa shape index (κ3) is 5.55. The first kappa shape index (κ1) is 30.4. The van der Waals surface area contributed by atoms with Crippen LogP contribution < -0.4 is 26.2 Å². The maximum Gasteiger partial charge on any atom is 0.252 e. The van der Waals surface area contributed by atoms with Crippen molar-refractivity contribution in [2.24, 2.45) is 0 Å². The van der Waals surface area contributed by atoms with E-state index in [1.807, 2.05) is 0 Å². The van der Waals surface area contributed by atoms with Gasteiger partial charge in [-0.25, -0.2) is 0 Å². The number of unbranched alkanes of at least 4 members (excludes halogenated alkanes) is 3. The Morgan fingerprint density at radius 2 is 0.935 bits per heavy atom. The summed E-state index contributed by atoms with van der Waals surface area (Å²) in [6.45, 7) is 9.30.